The van der Waals surface area contributed by atoms with Crippen LogP contribution in [0.4, 0.5) is 0 Å². The predicted molar refractivity (Wildman–Crippen MR) is 92.3 cm³/mol. The molecular weight excluding hydrogens is 272 g/mol. The molecule has 0 radical (unpaired) electrons. The van der Waals surface area contributed by atoms with Crippen molar-refractivity contribution in [2.45, 2.75) is 58.5 Å². The molecule has 2 rings (SSSR count). The third-order valence-electron chi connectivity index (χ3n) is 4.18. The lowest BCUT2D eigenvalue weighted by Gasteiger charge is -2.31. The fourth-order valence-corrected chi connectivity index (χ4v) is 2.79. The Bertz CT molecular complexity index is 569. The highest BCUT2D eigenvalue weighted by atomic mass is 16.5. The van der Waals surface area contributed by atoms with Crippen LogP contribution in [0.15, 0.2) is 47.7 Å². The van der Waals surface area contributed by atoms with Crippen molar-refractivity contribution >= 4 is 0 Å². The van der Waals surface area contributed by atoms with E-state index < -0.39 is 0 Å². The summed E-state index contributed by atoms with van der Waals surface area (Å²) in [6, 6.07) is 8.50. The van der Waals surface area contributed by atoms with Crippen molar-refractivity contribution in [2.75, 3.05) is 7.11 Å². The molecule has 0 saturated heterocycles. The lowest BCUT2D eigenvalue weighted by molar-refractivity contribution is 0.131. The van der Waals surface area contributed by atoms with E-state index in [9.17, 15) is 0 Å². The Kier molecular flexibility index (Phi) is 4.69. The first-order valence-electron chi connectivity index (χ1n) is 7.96. The Labute approximate surface area is 134 Å². The van der Waals surface area contributed by atoms with E-state index in [0.29, 0.717) is 0 Å². The smallest absolute Gasteiger partial charge is 0.120 e. The third-order valence-corrected chi connectivity index (χ3v) is 4.18. The molecule has 1 aromatic carbocycles. The summed E-state index contributed by atoms with van der Waals surface area (Å²) in [4.78, 5) is 0. The number of ether oxygens (including phenoxy) is 2. The summed E-state index contributed by atoms with van der Waals surface area (Å²) in [7, 11) is 1.74. The molecule has 0 aromatic heterocycles. The Balaban J connectivity index is 2.20. The van der Waals surface area contributed by atoms with Crippen LogP contribution in [0.5, 0.6) is 5.75 Å². The molecule has 0 saturated carbocycles. The molecule has 0 bridgehead atoms. The van der Waals surface area contributed by atoms with Crippen molar-refractivity contribution in [3.63, 3.8) is 0 Å². The molecule has 2 nitrogen and oxygen atoms in total. The van der Waals surface area contributed by atoms with E-state index in [1.54, 1.807) is 7.11 Å². The van der Waals surface area contributed by atoms with Gasteiger partial charge in [-0.05, 0) is 51.0 Å². The zero-order chi connectivity index (χ0) is 16.4. The molecule has 0 atom stereocenters. The normalized spacial score (nSPS) is 15.9. The monoisotopic (exact) mass is 300 g/mol. The summed E-state index contributed by atoms with van der Waals surface area (Å²) in [6.07, 6.45) is 6.34. The van der Waals surface area contributed by atoms with Gasteiger partial charge in [-0.25, -0.2) is 0 Å². The molecule has 1 aromatic rings. The molecule has 0 unspecified atom stereocenters. The largest absolute Gasteiger partial charge is 0.501 e. The molecule has 2 heteroatoms. The first-order chi connectivity index (χ1) is 10.2. The molecule has 1 aliphatic carbocycles. The highest BCUT2D eigenvalue weighted by Crippen LogP contribution is 2.37. The fourth-order valence-electron chi connectivity index (χ4n) is 2.79. The van der Waals surface area contributed by atoms with E-state index in [2.05, 4.69) is 71.0 Å². The molecule has 0 amide bonds. The highest BCUT2D eigenvalue weighted by Gasteiger charge is 2.27. The van der Waals surface area contributed by atoms with Crippen LogP contribution in [-0.4, -0.2) is 12.7 Å². The van der Waals surface area contributed by atoms with E-state index >= 15 is 0 Å². The zero-order valence-electron chi connectivity index (χ0n) is 14.7. The number of hydrogen-bond acceptors (Lipinski definition) is 2. The van der Waals surface area contributed by atoms with Crippen LogP contribution < -0.4 is 4.74 Å². The van der Waals surface area contributed by atoms with Crippen molar-refractivity contribution in [3.05, 3.63) is 53.3 Å². The van der Waals surface area contributed by atoms with Crippen LogP contribution in [0.25, 0.3) is 0 Å². The maximum absolute atomic E-state index is 5.90. The first-order valence-corrected chi connectivity index (χ1v) is 7.96. The third kappa shape index (κ3) is 3.94. The van der Waals surface area contributed by atoms with Gasteiger partial charge in [0.1, 0.15) is 11.4 Å². The second-order valence-electron chi connectivity index (χ2n) is 7.39. The number of benzene rings is 1. The van der Waals surface area contributed by atoms with Gasteiger partial charge in [0.15, 0.2) is 0 Å². The van der Waals surface area contributed by atoms with E-state index in [0.717, 1.165) is 24.4 Å². The van der Waals surface area contributed by atoms with Gasteiger partial charge in [0.05, 0.1) is 12.9 Å². The SMILES string of the molecule is COC1=CC=C(C(C)(C)c2ccc(OC(C)(C)C)cc2)CC1. The van der Waals surface area contributed by atoms with Crippen molar-refractivity contribution in [2.24, 2.45) is 0 Å². The second-order valence-corrected chi connectivity index (χ2v) is 7.39. The van der Waals surface area contributed by atoms with E-state index in [1.165, 1.54) is 11.1 Å². The summed E-state index contributed by atoms with van der Waals surface area (Å²) in [5.74, 6) is 1.99. The lowest BCUT2D eigenvalue weighted by Crippen LogP contribution is -2.24. The van der Waals surface area contributed by atoms with Gasteiger partial charge < -0.3 is 9.47 Å². The van der Waals surface area contributed by atoms with Crippen LogP contribution >= 0.6 is 0 Å². The number of hydrogen-bond donors (Lipinski definition) is 0. The maximum atomic E-state index is 5.90. The van der Waals surface area contributed by atoms with Crippen molar-refractivity contribution in [3.8, 4) is 5.75 Å². The summed E-state index contributed by atoms with van der Waals surface area (Å²) in [5, 5.41) is 0. The Morgan fingerprint density at radius 2 is 1.50 bits per heavy atom. The van der Waals surface area contributed by atoms with Crippen molar-refractivity contribution in [1.29, 1.82) is 0 Å². The van der Waals surface area contributed by atoms with E-state index in [4.69, 9.17) is 9.47 Å². The summed E-state index contributed by atoms with van der Waals surface area (Å²) in [6.45, 7) is 10.8. The van der Waals surface area contributed by atoms with Crippen LogP contribution in [0.1, 0.15) is 53.0 Å². The predicted octanol–water partition coefficient (Wildman–Crippen LogP) is 5.39. The van der Waals surface area contributed by atoms with E-state index in [1.807, 2.05) is 0 Å². The Morgan fingerprint density at radius 1 is 0.864 bits per heavy atom. The summed E-state index contributed by atoms with van der Waals surface area (Å²) < 4.78 is 11.2. The minimum Gasteiger partial charge on any atom is -0.501 e. The minimum atomic E-state index is -0.162. The summed E-state index contributed by atoms with van der Waals surface area (Å²) in [5.41, 5.74) is 2.62. The van der Waals surface area contributed by atoms with Crippen LogP contribution in [-0.2, 0) is 10.2 Å². The maximum Gasteiger partial charge on any atom is 0.120 e. The van der Waals surface area contributed by atoms with Crippen LogP contribution in [0.2, 0.25) is 0 Å². The minimum absolute atomic E-state index is 0.0238. The molecule has 0 fully saturated rings. The van der Waals surface area contributed by atoms with Gasteiger partial charge in [0.25, 0.3) is 0 Å². The van der Waals surface area contributed by atoms with Crippen molar-refractivity contribution < 1.29 is 9.47 Å². The number of allylic oxidation sites excluding steroid dienone is 4. The highest BCUT2D eigenvalue weighted by molar-refractivity contribution is 5.40. The summed E-state index contributed by atoms with van der Waals surface area (Å²) >= 11 is 0. The molecular formula is C20H28O2. The van der Waals surface area contributed by atoms with Crippen molar-refractivity contribution in [1.82, 2.24) is 0 Å². The molecule has 0 N–H and O–H groups in total. The van der Waals surface area contributed by atoms with Gasteiger partial charge in [-0.15, -0.1) is 0 Å². The average molecular weight is 300 g/mol. The fraction of sp³-hybridized carbons (Fsp3) is 0.500. The molecule has 0 spiro atoms. The van der Waals surface area contributed by atoms with Gasteiger partial charge in [-0.3, -0.25) is 0 Å². The Hall–Kier alpha value is -1.70. The lowest BCUT2D eigenvalue weighted by atomic mass is 9.74. The molecule has 0 heterocycles. The molecule has 1 aliphatic rings. The van der Waals surface area contributed by atoms with Crippen LogP contribution in [0.3, 0.4) is 0 Å². The van der Waals surface area contributed by atoms with E-state index in [-0.39, 0.29) is 11.0 Å². The average Bonchev–Trinajstić information content (AvgIpc) is 2.46. The first kappa shape index (κ1) is 16.7. The quantitative estimate of drug-likeness (QED) is 0.742. The van der Waals surface area contributed by atoms with Gasteiger partial charge in [0, 0.05) is 11.8 Å². The second kappa shape index (κ2) is 6.20. The van der Waals surface area contributed by atoms with Gasteiger partial charge in [-0.1, -0.05) is 37.6 Å². The number of rotatable bonds is 4. The number of methoxy groups -OCH3 is 1. The van der Waals surface area contributed by atoms with Gasteiger partial charge in [-0.2, -0.15) is 0 Å². The van der Waals surface area contributed by atoms with Gasteiger partial charge in [0.2, 0.25) is 0 Å². The molecule has 22 heavy (non-hydrogen) atoms. The van der Waals surface area contributed by atoms with Crippen LogP contribution in [0, 0.1) is 0 Å². The van der Waals surface area contributed by atoms with Gasteiger partial charge >= 0.3 is 0 Å². The molecule has 120 valence electrons. The standard InChI is InChI=1S/C20H28O2/c1-19(2,3)22-18-13-9-16(10-14-18)20(4,5)15-7-11-17(21-6)12-8-15/h7,9-11,13-14H,8,12H2,1-6H3. The zero-order valence-corrected chi connectivity index (χ0v) is 14.7. The molecule has 0 aliphatic heterocycles. The Morgan fingerprint density at radius 3 is 1.95 bits per heavy atom. The topological polar surface area (TPSA) is 18.5 Å².